The van der Waals surface area contributed by atoms with E-state index in [2.05, 4.69) is 174 Å². The van der Waals surface area contributed by atoms with Crippen molar-refractivity contribution in [2.24, 2.45) is 0 Å². The molecule has 8 aromatic rings. The number of aromatic nitrogens is 2. The molecule has 0 radical (unpaired) electrons. The highest BCUT2D eigenvalue weighted by atomic mass is 32.2. The van der Waals surface area contributed by atoms with E-state index in [4.69, 9.17) is 4.98 Å². The molecular weight excluding hydrogens is 577 g/mol. The molecule has 0 fully saturated rings. The standard InChI is InChI=1S/C43H28N2S/c1-2-14-33(15-3-1)45-40-20-10-9-19-39(40)44-43(45)32-25-24-31-23-22-29-12-4-6-16-34(29)36-18-8-11-21-41(36)46-42-35-17-7-5-13-30(35)26-27-37(42)38(31)28-32/h1-28H. The number of benzene rings is 7. The first-order chi connectivity index (χ1) is 22.8. The van der Waals surface area contributed by atoms with Crippen molar-refractivity contribution in [1.82, 2.24) is 9.55 Å². The Bertz CT molecular complexity index is 2450. The highest BCUT2D eigenvalue weighted by Crippen LogP contribution is 2.47. The van der Waals surface area contributed by atoms with Crippen LogP contribution < -0.4 is 0 Å². The molecule has 0 spiro atoms. The zero-order valence-corrected chi connectivity index (χ0v) is 25.8. The summed E-state index contributed by atoms with van der Waals surface area (Å²) in [6.45, 7) is 0. The van der Waals surface area contributed by atoms with E-state index >= 15 is 0 Å². The van der Waals surface area contributed by atoms with Gasteiger partial charge in [0.25, 0.3) is 0 Å². The lowest BCUT2D eigenvalue weighted by Gasteiger charge is -2.18. The predicted octanol–water partition coefficient (Wildman–Crippen LogP) is 11.8. The van der Waals surface area contributed by atoms with Gasteiger partial charge < -0.3 is 0 Å². The zero-order valence-electron chi connectivity index (χ0n) is 25.0. The minimum Gasteiger partial charge on any atom is -0.292 e. The minimum atomic E-state index is 0.930. The fourth-order valence-corrected chi connectivity index (χ4v) is 7.89. The van der Waals surface area contributed by atoms with Crippen LogP contribution >= 0.6 is 11.8 Å². The van der Waals surface area contributed by atoms with E-state index in [0.717, 1.165) is 28.1 Å². The Morgan fingerprint density at radius 1 is 0.500 bits per heavy atom. The molecular formula is C43H28N2S. The molecule has 216 valence electrons. The van der Waals surface area contributed by atoms with Crippen molar-refractivity contribution in [3.8, 4) is 39.3 Å². The lowest BCUT2D eigenvalue weighted by atomic mass is 9.93. The van der Waals surface area contributed by atoms with Gasteiger partial charge in [-0.2, -0.15) is 0 Å². The van der Waals surface area contributed by atoms with Gasteiger partial charge in [-0.1, -0.05) is 145 Å². The molecule has 0 aliphatic carbocycles. The van der Waals surface area contributed by atoms with Crippen molar-refractivity contribution in [1.29, 1.82) is 0 Å². The van der Waals surface area contributed by atoms with Crippen LogP contribution in [-0.4, -0.2) is 9.55 Å². The molecule has 1 aliphatic heterocycles. The van der Waals surface area contributed by atoms with E-state index in [1.807, 2.05) is 11.8 Å². The van der Waals surface area contributed by atoms with Crippen LogP contribution in [0.4, 0.5) is 0 Å². The molecule has 2 heterocycles. The largest absolute Gasteiger partial charge is 0.292 e. The number of rotatable bonds is 2. The Morgan fingerprint density at radius 3 is 2.13 bits per heavy atom. The normalized spacial score (nSPS) is 12.2. The molecule has 46 heavy (non-hydrogen) atoms. The molecule has 3 heteroatoms. The van der Waals surface area contributed by atoms with Gasteiger partial charge in [0.05, 0.1) is 11.0 Å². The van der Waals surface area contributed by atoms with Crippen LogP contribution in [0, 0.1) is 0 Å². The van der Waals surface area contributed by atoms with E-state index in [1.54, 1.807) is 0 Å². The van der Waals surface area contributed by atoms with E-state index in [9.17, 15) is 0 Å². The second kappa shape index (κ2) is 11.1. The smallest absolute Gasteiger partial charge is 0.145 e. The Balaban J connectivity index is 1.35. The fourth-order valence-electron chi connectivity index (χ4n) is 6.65. The molecule has 1 aliphatic rings. The maximum absolute atomic E-state index is 5.20. The number of hydrogen-bond donors (Lipinski definition) is 0. The van der Waals surface area contributed by atoms with Gasteiger partial charge in [-0.05, 0) is 80.6 Å². The van der Waals surface area contributed by atoms with Crippen molar-refractivity contribution in [2.45, 2.75) is 9.79 Å². The lowest BCUT2D eigenvalue weighted by Crippen LogP contribution is -1.98. The van der Waals surface area contributed by atoms with Gasteiger partial charge in [-0.15, -0.1) is 0 Å². The van der Waals surface area contributed by atoms with Crippen LogP contribution in [-0.2, 0) is 0 Å². The molecule has 9 rings (SSSR count). The van der Waals surface area contributed by atoms with Crippen molar-refractivity contribution in [2.75, 3.05) is 0 Å². The predicted molar refractivity (Wildman–Crippen MR) is 194 cm³/mol. The lowest BCUT2D eigenvalue weighted by molar-refractivity contribution is 1.10. The molecule has 0 amide bonds. The number of nitrogens with zero attached hydrogens (tertiary/aromatic N) is 2. The number of imidazole rings is 1. The average molecular weight is 605 g/mol. The summed E-state index contributed by atoms with van der Waals surface area (Å²) in [5.74, 6) is 0.930. The Hall–Kier alpha value is -5.64. The fraction of sp³-hybridized carbons (Fsp3) is 0. The van der Waals surface area contributed by atoms with E-state index in [1.165, 1.54) is 53.9 Å². The molecule has 0 atom stereocenters. The van der Waals surface area contributed by atoms with E-state index < -0.39 is 0 Å². The van der Waals surface area contributed by atoms with Crippen molar-refractivity contribution >= 4 is 45.7 Å². The van der Waals surface area contributed by atoms with Crippen molar-refractivity contribution in [3.63, 3.8) is 0 Å². The molecule has 0 saturated heterocycles. The first kappa shape index (κ1) is 26.7. The molecule has 0 N–H and O–H groups in total. The molecule has 2 nitrogen and oxygen atoms in total. The topological polar surface area (TPSA) is 17.8 Å². The van der Waals surface area contributed by atoms with Crippen LogP contribution in [0.25, 0.3) is 73.3 Å². The minimum absolute atomic E-state index is 0.930. The van der Waals surface area contributed by atoms with Crippen LogP contribution in [0.15, 0.2) is 168 Å². The molecule has 0 saturated carbocycles. The summed E-state index contributed by atoms with van der Waals surface area (Å²) in [7, 11) is 0. The summed E-state index contributed by atoms with van der Waals surface area (Å²) >= 11 is 1.86. The summed E-state index contributed by atoms with van der Waals surface area (Å²) in [6, 6.07) is 56.5. The summed E-state index contributed by atoms with van der Waals surface area (Å²) in [6.07, 6.45) is 4.54. The third kappa shape index (κ3) is 4.48. The average Bonchev–Trinajstić information content (AvgIpc) is 3.50. The third-order valence-corrected chi connectivity index (χ3v) is 10.1. The Labute approximate surface area is 272 Å². The second-order valence-corrected chi connectivity index (χ2v) is 12.6. The van der Waals surface area contributed by atoms with Gasteiger partial charge >= 0.3 is 0 Å². The maximum atomic E-state index is 5.20. The van der Waals surface area contributed by atoms with Crippen LogP contribution in [0.5, 0.6) is 0 Å². The molecule has 0 bridgehead atoms. The first-order valence-electron chi connectivity index (χ1n) is 15.6. The highest BCUT2D eigenvalue weighted by molar-refractivity contribution is 7.99. The number of para-hydroxylation sites is 3. The summed E-state index contributed by atoms with van der Waals surface area (Å²) in [4.78, 5) is 7.70. The molecule has 0 unspecified atom stereocenters. The zero-order chi connectivity index (χ0) is 30.5. The SMILES string of the molecule is C1=Cc2ccc(-c3nc4ccccc4n3-c3ccccc3)cc2-c2ccc3ccccc3c2Sc2ccccc2-c2ccccc21. The molecule has 1 aromatic heterocycles. The van der Waals surface area contributed by atoms with Gasteiger partial charge in [0, 0.05) is 21.0 Å². The number of fused-ring (bicyclic) bond motifs is 9. The monoisotopic (exact) mass is 604 g/mol. The summed E-state index contributed by atoms with van der Waals surface area (Å²) in [5, 5.41) is 2.49. The summed E-state index contributed by atoms with van der Waals surface area (Å²) < 4.78 is 2.28. The third-order valence-electron chi connectivity index (χ3n) is 8.85. The first-order valence-corrected chi connectivity index (χ1v) is 16.4. The van der Waals surface area contributed by atoms with Crippen LogP contribution in [0.3, 0.4) is 0 Å². The van der Waals surface area contributed by atoms with Gasteiger partial charge in [-0.3, -0.25) is 4.57 Å². The van der Waals surface area contributed by atoms with Gasteiger partial charge in [0.1, 0.15) is 5.82 Å². The molecule has 7 aromatic carbocycles. The second-order valence-electron chi connectivity index (χ2n) is 11.6. The highest BCUT2D eigenvalue weighted by Gasteiger charge is 2.20. The van der Waals surface area contributed by atoms with Gasteiger partial charge in [0.15, 0.2) is 0 Å². The quantitative estimate of drug-likeness (QED) is 0.195. The maximum Gasteiger partial charge on any atom is 0.145 e. The van der Waals surface area contributed by atoms with Crippen LogP contribution in [0.1, 0.15) is 11.1 Å². The Kier molecular flexibility index (Phi) is 6.43. The van der Waals surface area contributed by atoms with Crippen LogP contribution in [0.2, 0.25) is 0 Å². The van der Waals surface area contributed by atoms with Crippen molar-refractivity contribution in [3.05, 3.63) is 169 Å². The Morgan fingerprint density at radius 2 is 1.22 bits per heavy atom. The van der Waals surface area contributed by atoms with Gasteiger partial charge in [0.2, 0.25) is 0 Å². The van der Waals surface area contributed by atoms with E-state index in [0.29, 0.717) is 0 Å². The number of hydrogen-bond acceptors (Lipinski definition) is 2. The van der Waals surface area contributed by atoms with Gasteiger partial charge in [-0.25, -0.2) is 4.98 Å². The van der Waals surface area contributed by atoms with Crippen molar-refractivity contribution < 1.29 is 0 Å². The summed E-state index contributed by atoms with van der Waals surface area (Å²) in [5.41, 5.74) is 11.5. The van der Waals surface area contributed by atoms with E-state index in [-0.39, 0.29) is 0 Å².